The van der Waals surface area contributed by atoms with E-state index < -0.39 is 6.04 Å². The van der Waals surface area contributed by atoms with Crippen LogP contribution in [0.25, 0.3) is 0 Å². The van der Waals surface area contributed by atoms with Gasteiger partial charge in [0.05, 0.1) is 26.7 Å². The summed E-state index contributed by atoms with van der Waals surface area (Å²) < 4.78 is 10.8. The molecule has 0 radical (unpaired) electrons. The normalized spacial score (nSPS) is 13.4. The number of ether oxygens (including phenoxy) is 2. The molecule has 1 N–H and O–H groups in total. The van der Waals surface area contributed by atoms with Gasteiger partial charge in [0, 0.05) is 18.7 Å². The molecule has 0 saturated heterocycles. The van der Waals surface area contributed by atoms with Crippen LogP contribution >= 0.6 is 0 Å². The van der Waals surface area contributed by atoms with Gasteiger partial charge in [-0.15, -0.1) is 0 Å². The summed E-state index contributed by atoms with van der Waals surface area (Å²) in [5, 5.41) is 2.98. The lowest BCUT2D eigenvalue weighted by molar-refractivity contribution is -0.122. The molecule has 3 aromatic carbocycles. The fourth-order valence-corrected chi connectivity index (χ4v) is 4.04. The number of fused-ring (bicyclic) bond motifs is 1. The number of carbonyl (C=O) groups excluding carboxylic acids is 2. The first-order chi connectivity index (χ1) is 15.6. The van der Waals surface area contributed by atoms with Crippen molar-refractivity contribution in [2.75, 3.05) is 14.2 Å². The number of rotatable bonds is 8. The highest BCUT2D eigenvalue weighted by atomic mass is 16.5. The number of nitrogens with zero attached hydrogens (tertiary/aromatic N) is 1. The maximum absolute atomic E-state index is 13.2. The second-order valence-corrected chi connectivity index (χ2v) is 7.69. The lowest BCUT2D eigenvalue weighted by Gasteiger charge is -2.28. The maximum Gasteiger partial charge on any atom is 0.255 e. The molecule has 0 aromatic heterocycles. The number of methoxy groups -OCH3 is 2. The molecular formula is C26H26N2O4. The second kappa shape index (κ2) is 9.56. The van der Waals surface area contributed by atoms with Gasteiger partial charge in [0.1, 0.15) is 0 Å². The molecule has 1 aliphatic heterocycles. The number of hydrogen-bond donors (Lipinski definition) is 1. The van der Waals surface area contributed by atoms with Gasteiger partial charge >= 0.3 is 0 Å². The van der Waals surface area contributed by atoms with Crippen molar-refractivity contribution in [3.63, 3.8) is 0 Å². The van der Waals surface area contributed by atoms with E-state index >= 15 is 0 Å². The van der Waals surface area contributed by atoms with Crippen LogP contribution in [0.2, 0.25) is 0 Å². The van der Waals surface area contributed by atoms with Crippen molar-refractivity contribution in [3.05, 3.63) is 95.1 Å². The highest BCUT2D eigenvalue weighted by Crippen LogP contribution is 2.37. The number of carbonyl (C=O) groups is 2. The number of amides is 2. The van der Waals surface area contributed by atoms with E-state index in [4.69, 9.17) is 9.47 Å². The number of hydrogen-bond acceptors (Lipinski definition) is 4. The van der Waals surface area contributed by atoms with Gasteiger partial charge in [-0.3, -0.25) is 9.59 Å². The summed E-state index contributed by atoms with van der Waals surface area (Å²) in [6.45, 7) is 0.895. The minimum atomic E-state index is -0.439. The van der Waals surface area contributed by atoms with Crippen molar-refractivity contribution in [2.45, 2.75) is 25.6 Å². The molecule has 1 aliphatic rings. The lowest BCUT2D eigenvalue weighted by atomic mass is 10.0. The van der Waals surface area contributed by atoms with Crippen molar-refractivity contribution in [1.29, 1.82) is 0 Å². The Morgan fingerprint density at radius 1 is 0.969 bits per heavy atom. The smallest absolute Gasteiger partial charge is 0.255 e. The average molecular weight is 431 g/mol. The summed E-state index contributed by atoms with van der Waals surface area (Å²) in [6.07, 6.45) is 0.141. The predicted octanol–water partition coefficient (Wildman–Crippen LogP) is 4.11. The van der Waals surface area contributed by atoms with E-state index in [0.29, 0.717) is 30.2 Å². The zero-order chi connectivity index (χ0) is 22.5. The molecule has 0 fully saturated rings. The third-order valence-electron chi connectivity index (χ3n) is 5.73. The van der Waals surface area contributed by atoms with Gasteiger partial charge in [0.15, 0.2) is 11.5 Å². The van der Waals surface area contributed by atoms with E-state index in [-0.39, 0.29) is 18.2 Å². The molecule has 4 rings (SSSR count). The fraction of sp³-hybridized carbons (Fsp3) is 0.231. The Kier molecular flexibility index (Phi) is 6.40. The minimum absolute atomic E-state index is 0.0729. The Labute approximate surface area is 187 Å². The van der Waals surface area contributed by atoms with Crippen LogP contribution in [0.3, 0.4) is 0 Å². The molecule has 0 saturated carbocycles. The van der Waals surface area contributed by atoms with Gasteiger partial charge in [0.2, 0.25) is 5.91 Å². The summed E-state index contributed by atoms with van der Waals surface area (Å²) in [7, 11) is 3.15. The zero-order valence-electron chi connectivity index (χ0n) is 18.2. The number of nitrogens with one attached hydrogen (secondary N) is 1. The summed E-state index contributed by atoms with van der Waals surface area (Å²) in [5.74, 6) is 0.956. The molecule has 0 aliphatic carbocycles. The summed E-state index contributed by atoms with van der Waals surface area (Å²) in [5.41, 5.74) is 3.49. The van der Waals surface area contributed by atoms with Gasteiger partial charge in [-0.05, 0) is 34.9 Å². The van der Waals surface area contributed by atoms with Gasteiger partial charge < -0.3 is 19.7 Å². The van der Waals surface area contributed by atoms with Crippen LogP contribution in [0, 0.1) is 0 Å². The Bertz CT molecular complexity index is 1110. The van der Waals surface area contributed by atoms with Crippen molar-refractivity contribution >= 4 is 11.8 Å². The van der Waals surface area contributed by atoms with Crippen molar-refractivity contribution in [2.24, 2.45) is 0 Å². The monoisotopic (exact) mass is 430 g/mol. The Hall–Kier alpha value is -3.80. The maximum atomic E-state index is 13.2. The molecular weight excluding hydrogens is 404 g/mol. The van der Waals surface area contributed by atoms with Gasteiger partial charge in [-0.25, -0.2) is 0 Å². The topological polar surface area (TPSA) is 67.9 Å². The van der Waals surface area contributed by atoms with Crippen LogP contribution in [0.5, 0.6) is 11.5 Å². The van der Waals surface area contributed by atoms with E-state index in [0.717, 1.165) is 16.7 Å². The summed E-state index contributed by atoms with van der Waals surface area (Å²) >= 11 is 0. The second-order valence-electron chi connectivity index (χ2n) is 7.69. The standard InChI is InChI=1S/C26H26N2O4/c1-31-23-13-12-19(14-24(23)32-2)22(15-25(29)27-16-18-8-4-3-5-9-18)28-17-20-10-6-7-11-21(20)26(28)30/h3-14,22H,15-17H2,1-2H3,(H,27,29). The Morgan fingerprint density at radius 2 is 1.69 bits per heavy atom. The highest BCUT2D eigenvalue weighted by Gasteiger charge is 2.34. The minimum Gasteiger partial charge on any atom is -0.493 e. The first-order valence-electron chi connectivity index (χ1n) is 10.5. The molecule has 0 bridgehead atoms. The lowest BCUT2D eigenvalue weighted by Crippen LogP contribution is -2.34. The molecule has 3 aromatic rings. The molecule has 164 valence electrons. The van der Waals surface area contributed by atoms with E-state index in [1.165, 1.54) is 0 Å². The first-order valence-corrected chi connectivity index (χ1v) is 10.5. The van der Waals surface area contributed by atoms with Crippen molar-refractivity contribution < 1.29 is 19.1 Å². The van der Waals surface area contributed by atoms with Gasteiger partial charge in [-0.2, -0.15) is 0 Å². The molecule has 1 atom stereocenters. The SMILES string of the molecule is COc1ccc(C(CC(=O)NCc2ccccc2)N2Cc3ccccc3C2=O)cc1OC. The van der Waals surface area contributed by atoms with Crippen molar-refractivity contribution in [1.82, 2.24) is 10.2 Å². The van der Waals surface area contributed by atoms with Crippen LogP contribution < -0.4 is 14.8 Å². The quantitative estimate of drug-likeness (QED) is 0.584. The average Bonchev–Trinajstić information content (AvgIpc) is 3.17. The fourth-order valence-electron chi connectivity index (χ4n) is 4.04. The summed E-state index contributed by atoms with van der Waals surface area (Å²) in [4.78, 5) is 27.9. The largest absolute Gasteiger partial charge is 0.493 e. The third-order valence-corrected chi connectivity index (χ3v) is 5.73. The van der Waals surface area contributed by atoms with Crippen LogP contribution in [-0.4, -0.2) is 30.9 Å². The van der Waals surface area contributed by atoms with E-state index in [2.05, 4.69) is 5.32 Å². The van der Waals surface area contributed by atoms with Crippen LogP contribution in [0.15, 0.2) is 72.8 Å². The Morgan fingerprint density at radius 3 is 2.41 bits per heavy atom. The molecule has 6 heteroatoms. The predicted molar refractivity (Wildman–Crippen MR) is 122 cm³/mol. The Balaban J connectivity index is 1.60. The van der Waals surface area contributed by atoms with E-state index in [1.807, 2.05) is 66.7 Å². The van der Waals surface area contributed by atoms with E-state index in [1.54, 1.807) is 25.2 Å². The van der Waals surface area contributed by atoms with E-state index in [9.17, 15) is 9.59 Å². The third kappa shape index (κ3) is 4.44. The molecule has 1 heterocycles. The molecule has 1 unspecified atom stereocenters. The van der Waals surface area contributed by atoms with Crippen LogP contribution in [0.1, 0.15) is 39.5 Å². The molecule has 32 heavy (non-hydrogen) atoms. The van der Waals surface area contributed by atoms with Crippen LogP contribution in [0.4, 0.5) is 0 Å². The summed E-state index contributed by atoms with van der Waals surface area (Å²) in [6, 6.07) is 22.4. The first kappa shape index (κ1) is 21.4. The van der Waals surface area contributed by atoms with Crippen LogP contribution in [-0.2, 0) is 17.9 Å². The molecule has 6 nitrogen and oxygen atoms in total. The zero-order valence-corrected chi connectivity index (χ0v) is 18.2. The molecule has 0 spiro atoms. The molecule has 2 amide bonds. The number of benzene rings is 3. The van der Waals surface area contributed by atoms with Gasteiger partial charge in [0.25, 0.3) is 5.91 Å². The highest BCUT2D eigenvalue weighted by molar-refractivity contribution is 5.98. The van der Waals surface area contributed by atoms with Crippen molar-refractivity contribution in [3.8, 4) is 11.5 Å². The van der Waals surface area contributed by atoms with Gasteiger partial charge in [-0.1, -0.05) is 54.6 Å².